The van der Waals surface area contributed by atoms with Crippen LogP contribution in [0.4, 0.5) is 11.4 Å². The molecular weight excluding hydrogens is 470 g/mol. The summed E-state index contributed by atoms with van der Waals surface area (Å²) in [6.07, 6.45) is 2.08. The first-order valence-electron chi connectivity index (χ1n) is 10.4. The number of halogens is 1. The number of likely N-dealkylation sites (tertiary alicyclic amines) is 1. The number of rotatable bonds is 5. The highest BCUT2D eigenvalue weighted by molar-refractivity contribution is 9.10. The molecule has 0 aromatic heterocycles. The van der Waals surface area contributed by atoms with Gasteiger partial charge in [0.2, 0.25) is 0 Å². The Morgan fingerprint density at radius 3 is 2.00 bits per heavy atom. The molecule has 162 valence electrons. The number of carbonyl (C=O) groups is 3. The predicted molar refractivity (Wildman–Crippen MR) is 128 cm³/mol. The van der Waals surface area contributed by atoms with Crippen LogP contribution < -0.4 is 10.6 Å². The van der Waals surface area contributed by atoms with E-state index in [1.807, 2.05) is 11.0 Å². The van der Waals surface area contributed by atoms with E-state index in [4.69, 9.17) is 0 Å². The van der Waals surface area contributed by atoms with Crippen molar-refractivity contribution in [2.75, 3.05) is 23.7 Å². The van der Waals surface area contributed by atoms with E-state index < -0.39 is 0 Å². The Bertz CT molecular complexity index is 1160. The lowest BCUT2D eigenvalue weighted by Gasteiger charge is -2.15. The van der Waals surface area contributed by atoms with Gasteiger partial charge in [-0.15, -0.1) is 0 Å². The molecule has 1 saturated heterocycles. The van der Waals surface area contributed by atoms with Crippen molar-refractivity contribution >= 4 is 45.0 Å². The molecule has 1 aliphatic rings. The van der Waals surface area contributed by atoms with Crippen LogP contribution in [0.3, 0.4) is 0 Å². The quantitative estimate of drug-likeness (QED) is 0.515. The summed E-state index contributed by atoms with van der Waals surface area (Å²) in [7, 11) is 0. The van der Waals surface area contributed by atoms with Crippen LogP contribution in [-0.4, -0.2) is 35.7 Å². The molecular formula is C25H22BrN3O3. The summed E-state index contributed by atoms with van der Waals surface area (Å²) in [5.41, 5.74) is 2.39. The zero-order valence-corrected chi connectivity index (χ0v) is 18.9. The van der Waals surface area contributed by atoms with Gasteiger partial charge in [-0.25, -0.2) is 0 Å². The zero-order valence-electron chi connectivity index (χ0n) is 17.3. The largest absolute Gasteiger partial charge is 0.339 e. The Morgan fingerprint density at radius 2 is 1.31 bits per heavy atom. The van der Waals surface area contributed by atoms with Gasteiger partial charge in [-0.3, -0.25) is 14.4 Å². The second-order valence-electron chi connectivity index (χ2n) is 7.51. The highest BCUT2D eigenvalue weighted by Gasteiger charge is 2.20. The van der Waals surface area contributed by atoms with Crippen molar-refractivity contribution in [3.63, 3.8) is 0 Å². The summed E-state index contributed by atoms with van der Waals surface area (Å²) in [6, 6.07) is 20.8. The fraction of sp³-hybridized carbons (Fsp3) is 0.160. The summed E-state index contributed by atoms with van der Waals surface area (Å²) in [5, 5.41) is 5.64. The fourth-order valence-electron chi connectivity index (χ4n) is 3.62. The third-order valence-corrected chi connectivity index (χ3v) is 6.01. The van der Waals surface area contributed by atoms with E-state index in [-0.39, 0.29) is 17.7 Å². The van der Waals surface area contributed by atoms with Gasteiger partial charge in [0.25, 0.3) is 17.7 Å². The molecule has 0 atom stereocenters. The molecule has 1 heterocycles. The molecule has 0 spiro atoms. The van der Waals surface area contributed by atoms with Crippen molar-refractivity contribution in [3.05, 3.63) is 94.0 Å². The Kier molecular flexibility index (Phi) is 6.66. The molecule has 6 nitrogen and oxygen atoms in total. The van der Waals surface area contributed by atoms with Crippen LogP contribution in [0.2, 0.25) is 0 Å². The van der Waals surface area contributed by atoms with Gasteiger partial charge in [-0.2, -0.15) is 0 Å². The number of benzene rings is 3. The van der Waals surface area contributed by atoms with Gasteiger partial charge >= 0.3 is 0 Å². The van der Waals surface area contributed by atoms with Crippen molar-refractivity contribution in [1.82, 2.24) is 4.90 Å². The van der Waals surface area contributed by atoms with E-state index in [1.54, 1.807) is 66.7 Å². The minimum Gasteiger partial charge on any atom is -0.339 e. The SMILES string of the molecule is O=C(Nc1ccccc1C(=O)Nc1ccc(C(=O)N2CCCC2)cc1)c1ccccc1Br. The standard InChI is InChI=1S/C25H22BrN3O3/c26-21-9-3-1-7-19(21)23(30)28-22-10-4-2-8-20(22)24(31)27-18-13-11-17(12-14-18)25(32)29-15-5-6-16-29/h1-4,7-14H,5-6,15-16H2,(H,27,31)(H,28,30). The van der Waals surface area contributed by atoms with Crippen molar-refractivity contribution in [2.45, 2.75) is 12.8 Å². The fourth-order valence-corrected chi connectivity index (χ4v) is 4.09. The highest BCUT2D eigenvalue weighted by Crippen LogP contribution is 2.22. The number of hydrogen-bond acceptors (Lipinski definition) is 3. The number of nitrogens with one attached hydrogen (secondary N) is 2. The monoisotopic (exact) mass is 491 g/mol. The van der Waals surface area contributed by atoms with E-state index in [1.165, 1.54) is 0 Å². The van der Waals surface area contributed by atoms with E-state index in [2.05, 4.69) is 26.6 Å². The van der Waals surface area contributed by atoms with Crippen molar-refractivity contribution < 1.29 is 14.4 Å². The molecule has 1 aliphatic heterocycles. The Hall–Kier alpha value is -3.45. The van der Waals surface area contributed by atoms with Gasteiger partial charge in [-0.05, 0) is 77.3 Å². The second-order valence-corrected chi connectivity index (χ2v) is 8.36. The zero-order chi connectivity index (χ0) is 22.5. The molecule has 7 heteroatoms. The summed E-state index contributed by atoms with van der Waals surface area (Å²) >= 11 is 3.37. The molecule has 0 unspecified atom stereocenters. The topological polar surface area (TPSA) is 78.5 Å². The molecule has 0 bridgehead atoms. The van der Waals surface area contributed by atoms with E-state index in [9.17, 15) is 14.4 Å². The maximum atomic E-state index is 12.9. The predicted octanol–water partition coefficient (Wildman–Crippen LogP) is 5.19. The molecule has 0 aliphatic carbocycles. The third kappa shape index (κ3) is 4.89. The molecule has 0 radical (unpaired) electrons. The van der Waals surface area contributed by atoms with Crippen LogP contribution in [0.5, 0.6) is 0 Å². The molecule has 32 heavy (non-hydrogen) atoms. The summed E-state index contributed by atoms with van der Waals surface area (Å²) in [5.74, 6) is -0.658. The first-order chi connectivity index (χ1) is 15.5. The number of carbonyl (C=O) groups excluding carboxylic acids is 3. The molecule has 3 aromatic carbocycles. The van der Waals surface area contributed by atoms with Crippen LogP contribution in [-0.2, 0) is 0 Å². The van der Waals surface area contributed by atoms with E-state index >= 15 is 0 Å². The Balaban J connectivity index is 1.46. The van der Waals surface area contributed by atoms with Crippen molar-refractivity contribution in [1.29, 1.82) is 0 Å². The first-order valence-corrected chi connectivity index (χ1v) is 11.2. The lowest BCUT2D eigenvalue weighted by atomic mass is 10.1. The molecule has 3 aromatic rings. The average Bonchev–Trinajstić information content (AvgIpc) is 3.35. The van der Waals surface area contributed by atoms with Gasteiger partial charge in [0.05, 0.1) is 16.8 Å². The normalized spacial score (nSPS) is 13.0. The third-order valence-electron chi connectivity index (χ3n) is 5.32. The average molecular weight is 492 g/mol. The summed E-state index contributed by atoms with van der Waals surface area (Å²) in [6.45, 7) is 1.58. The second kappa shape index (κ2) is 9.78. The van der Waals surface area contributed by atoms with Gasteiger partial charge in [0.1, 0.15) is 0 Å². The minimum atomic E-state index is -0.355. The lowest BCUT2D eigenvalue weighted by Crippen LogP contribution is -2.27. The maximum Gasteiger partial charge on any atom is 0.257 e. The Morgan fingerprint density at radius 1 is 0.719 bits per heavy atom. The smallest absolute Gasteiger partial charge is 0.257 e. The Labute approximate surface area is 194 Å². The maximum absolute atomic E-state index is 12.9. The minimum absolute atomic E-state index is 0.0144. The molecule has 3 amide bonds. The highest BCUT2D eigenvalue weighted by atomic mass is 79.9. The summed E-state index contributed by atoms with van der Waals surface area (Å²) in [4.78, 5) is 39.9. The van der Waals surface area contributed by atoms with E-state index in [0.717, 1.165) is 25.9 Å². The van der Waals surface area contributed by atoms with Crippen LogP contribution in [0.15, 0.2) is 77.3 Å². The van der Waals surface area contributed by atoms with Gasteiger partial charge in [-0.1, -0.05) is 24.3 Å². The molecule has 1 fully saturated rings. The molecule has 0 saturated carbocycles. The number of para-hydroxylation sites is 1. The van der Waals surface area contributed by atoms with Crippen molar-refractivity contribution in [3.8, 4) is 0 Å². The number of anilines is 2. The number of nitrogens with zero attached hydrogens (tertiary/aromatic N) is 1. The van der Waals surface area contributed by atoms with Crippen molar-refractivity contribution in [2.24, 2.45) is 0 Å². The first kappa shape index (κ1) is 21.8. The molecule has 4 rings (SSSR count). The van der Waals surface area contributed by atoms with Gasteiger partial charge in [0, 0.05) is 28.8 Å². The summed E-state index contributed by atoms with van der Waals surface area (Å²) < 4.78 is 0.669. The van der Waals surface area contributed by atoms with Gasteiger partial charge < -0.3 is 15.5 Å². The number of hydrogen-bond donors (Lipinski definition) is 2. The van der Waals surface area contributed by atoms with E-state index in [0.29, 0.717) is 32.5 Å². The molecule has 2 N–H and O–H groups in total. The van der Waals surface area contributed by atoms with Gasteiger partial charge in [0.15, 0.2) is 0 Å². The van der Waals surface area contributed by atoms with Crippen LogP contribution in [0.1, 0.15) is 43.9 Å². The van der Waals surface area contributed by atoms with Crippen LogP contribution in [0.25, 0.3) is 0 Å². The lowest BCUT2D eigenvalue weighted by molar-refractivity contribution is 0.0792. The number of amides is 3. The van der Waals surface area contributed by atoms with Crippen LogP contribution in [0, 0.1) is 0 Å². The van der Waals surface area contributed by atoms with Crippen LogP contribution >= 0.6 is 15.9 Å².